The van der Waals surface area contributed by atoms with Crippen LogP contribution in [0.1, 0.15) is 19.4 Å². The number of carbonyl (C=O) groups excluding carboxylic acids is 1. The van der Waals surface area contributed by atoms with Gasteiger partial charge in [0.1, 0.15) is 11.8 Å². The molecule has 0 bridgehead atoms. The molecule has 18 heavy (non-hydrogen) atoms. The number of benzene rings is 1. The van der Waals surface area contributed by atoms with Crippen LogP contribution in [-0.4, -0.2) is 29.6 Å². The summed E-state index contributed by atoms with van der Waals surface area (Å²) >= 11 is 0. The fraction of sp³-hybridized carbons (Fsp3) is 0.385. The molecule has 1 amide bonds. The van der Waals surface area contributed by atoms with E-state index in [2.05, 4.69) is 5.32 Å². The van der Waals surface area contributed by atoms with Crippen molar-refractivity contribution in [1.29, 1.82) is 0 Å². The number of aliphatic carboxylic acids is 1. The number of amides is 1. The minimum atomic E-state index is -1.06. The SMILES string of the molecule is CC(C)Oc1cccc(CC(NC=O)C(=O)O)c1. The first-order chi connectivity index (χ1) is 8.52. The van der Waals surface area contributed by atoms with Gasteiger partial charge < -0.3 is 15.2 Å². The molecule has 1 rings (SSSR count). The van der Waals surface area contributed by atoms with Crippen molar-refractivity contribution in [2.75, 3.05) is 0 Å². The Bertz CT molecular complexity index is 417. The molecule has 1 aromatic carbocycles. The maximum absolute atomic E-state index is 10.9. The minimum absolute atomic E-state index is 0.0589. The van der Waals surface area contributed by atoms with E-state index in [0.29, 0.717) is 12.2 Å². The molecule has 0 fully saturated rings. The van der Waals surface area contributed by atoms with Crippen LogP contribution in [0.3, 0.4) is 0 Å². The van der Waals surface area contributed by atoms with Gasteiger partial charge in [-0.1, -0.05) is 12.1 Å². The monoisotopic (exact) mass is 251 g/mol. The van der Waals surface area contributed by atoms with E-state index < -0.39 is 12.0 Å². The molecular weight excluding hydrogens is 234 g/mol. The maximum Gasteiger partial charge on any atom is 0.326 e. The van der Waals surface area contributed by atoms with Gasteiger partial charge in [-0.3, -0.25) is 4.79 Å². The van der Waals surface area contributed by atoms with E-state index in [1.807, 2.05) is 19.9 Å². The van der Waals surface area contributed by atoms with Crippen LogP contribution in [0.5, 0.6) is 5.75 Å². The Morgan fingerprint density at radius 2 is 2.22 bits per heavy atom. The Balaban J connectivity index is 2.76. The lowest BCUT2D eigenvalue weighted by atomic mass is 10.1. The van der Waals surface area contributed by atoms with Crippen molar-refractivity contribution in [3.63, 3.8) is 0 Å². The predicted octanol–water partition coefficient (Wildman–Crippen LogP) is 1.22. The van der Waals surface area contributed by atoms with Crippen molar-refractivity contribution >= 4 is 12.4 Å². The van der Waals surface area contributed by atoms with E-state index in [9.17, 15) is 9.59 Å². The van der Waals surface area contributed by atoms with Gasteiger partial charge in [-0.05, 0) is 31.5 Å². The van der Waals surface area contributed by atoms with Crippen LogP contribution in [0.4, 0.5) is 0 Å². The lowest BCUT2D eigenvalue weighted by molar-refractivity contribution is -0.140. The summed E-state index contributed by atoms with van der Waals surface area (Å²) in [5.41, 5.74) is 0.801. The second kappa shape index (κ2) is 6.64. The lowest BCUT2D eigenvalue weighted by Gasteiger charge is -2.13. The highest BCUT2D eigenvalue weighted by Crippen LogP contribution is 2.16. The third-order valence-electron chi connectivity index (χ3n) is 2.28. The van der Waals surface area contributed by atoms with Gasteiger partial charge in [0.2, 0.25) is 6.41 Å². The Hall–Kier alpha value is -2.04. The van der Waals surface area contributed by atoms with Crippen molar-refractivity contribution in [3.05, 3.63) is 29.8 Å². The molecule has 0 spiro atoms. The van der Waals surface area contributed by atoms with Gasteiger partial charge in [-0.25, -0.2) is 4.79 Å². The van der Waals surface area contributed by atoms with Gasteiger partial charge in [-0.2, -0.15) is 0 Å². The molecule has 0 aliphatic rings. The van der Waals surface area contributed by atoms with Gasteiger partial charge >= 0.3 is 5.97 Å². The molecule has 1 unspecified atom stereocenters. The molecule has 1 aromatic rings. The smallest absolute Gasteiger partial charge is 0.326 e. The Kier molecular flexibility index (Phi) is 5.17. The fourth-order valence-corrected chi connectivity index (χ4v) is 1.55. The molecule has 5 nitrogen and oxygen atoms in total. The van der Waals surface area contributed by atoms with Crippen molar-refractivity contribution in [2.24, 2.45) is 0 Å². The minimum Gasteiger partial charge on any atom is -0.491 e. The standard InChI is InChI=1S/C13H17NO4/c1-9(2)18-11-5-3-4-10(6-11)7-12(13(16)17)14-8-15/h3-6,8-9,12H,7H2,1-2H3,(H,14,15)(H,16,17). The third-order valence-corrected chi connectivity index (χ3v) is 2.28. The zero-order chi connectivity index (χ0) is 13.5. The largest absolute Gasteiger partial charge is 0.491 e. The second-order valence-electron chi connectivity index (χ2n) is 4.19. The summed E-state index contributed by atoms with van der Waals surface area (Å²) in [6.45, 7) is 3.83. The average Bonchev–Trinajstić information content (AvgIpc) is 2.28. The topological polar surface area (TPSA) is 75.6 Å². The molecule has 2 N–H and O–H groups in total. The number of carboxylic acids is 1. The molecule has 0 heterocycles. The molecule has 0 saturated carbocycles. The Morgan fingerprint density at radius 3 is 2.78 bits per heavy atom. The van der Waals surface area contributed by atoms with Crippen molar-refractivity contribution in [3.8, 4) is 5.75 Å². The molecule has 0 aliphatic heterocycles. The number of hydrogen-bond donors (Lipinski definition) is 2. The maximum atomic E-state index is 10.9. The highest BCUT2D eigenvalue weighted by Gasteiger charge is 2.16. The zero-order valence-electron chi connectivity index (χ0n) is 10.4. The summed E-state index contributed by atoms with van der Waals surface area (Å²) in [5, 5.41) is 11.2. The van der Waals surface area contributed by atoms with Gasteiger partial charge in [0, 0.05) is 6.42 Å². The third kappa shape index (κ3) is 4.45. The molecule has 0 aromatic heterocycles. The first-order valence-corrected chi connectivity index (χ1v) is 5.71. The van der Waals surface area contributed by atoms with E-state index in [1.165, 1.54) is 0 Å². The second-order valence-corrected chi connectivity index (χ2v) is 4.19. The first-order valence-electron chi connectivity index (χ1n) is 5.71. The van der Waals surface area contributed by atoms with Crippen molar-refractivity contribution in [2.45, 2.75) is 32.4 Å². The van der Waals surface area contributed by atoms with Crippen LogP contribution in [0, 0.1) is 0 Å². The van der Waals surface area contributed by atoms with Crippen LogP contribution in [0.15, 0.2) is 24.3 Å². The normalized spacial score (nSPS) is 11.9. The molecule has 1 atom stereocenters. The number of hydrogen-bond acceptors (Lipinski definition) is 3. The molecule has 5 heteroatoms. The Labute approximate surface area is 106 Å². The number of carboxylic acid groups (broad SMARTS) is 1. The first kappa shape index (κ1) is 14.0. The summed E-state index contributed by atoms with van der Waals surface area (Å²) in [4.78, 5) is 21.2. The van der Waals surface area contributed by atoms with E-state index in [1.54, 1.807) is 18.2 Å². The highest BCUT2D eigenvalue weighted by molar-refractivity contribution is 5.76. The fourth-order valence-electron chi connectivity index (χ4n) is 1.55. The number of nitrogens with one attached hydrogen (secondary N) is 1. The quantitative estimate of drug-likeness (QED) is 0.714. The number of carbonyl (C=O) groups is 2. The van der Waals surface area contributed by atoms with Crippen LogP contribution >= 0.6 is 0 Å². The van der Waals surface area contributed by atoms with E-state index >= 15 is 0 Å². The summed E-state index contributed by atoms with van der Waals surface area (Å²) in [7, 11) is 0. The number of ether oxygens (including phenoxy) is 1. The molecule has 0 saturated heterocycles. The summed E-state index contributed by atoms with van der Waals surface area (Å²) in [6, 6.07) is 6.27. The van der Waals surface area contributed by atoms with Crippen molar-refractivity contribution in [1.82, 2.24) is 5.32 Å². The predicted molar refractivity (Wildman–Crippen MR) is 66.5 cm³/mol. The highest BCUT2D eigenvalue weighted by atomic mass is 16.5. The number of rotatable bonds is 7. The van der Waals surface area contributed by atoms with E-state index in [-0.39, 0.29) is 12.5 Å². The van der Waals surface area contributed by atoms with E-state index in [4.69, 9.17) is 9.84 Å². The summed E-state index contributed by atoms with van der Waals surface area (Å²) < 4.78 is 5.52. The summed E-state index contributed by atoms with van der Waals surface area (Å²) in [5.74, 6) is -0.366. The zero-order valence-corrected chi connectivity index (χ0v) is 10.4. The van der Waals surface area contributed by atoms with E-state index in [0.717, 1.165) is 5.56 Å². The lowest BCUT2D eigenvalue weighted by Crippen LogP contribution is -2.37. The van der Waals surface area contributed by atoms with Gasteiger partial charge in [0.05, 0.1) is 6.10 Å². The van der Waals surface area contributed by atoms with Crippen molar-refractivity contribution < 1.29 is 19.4 Å². The van der Waals surface area contributed by atoms with Crippen LogP contribution < -0.4 is 10.1 Å². The van der Waals surface area contributed by atoms with Crippen LogP contribution in [0.25, 0.3) is 0 Å². The average molecular weight is 251 g/mol. The molecule has 98 valence electrons. The molecular formula is C13H17NO4. The van der Waals surface area contributed by atoms with Crippen LogP contribution in [-0.2, 0) is 16.0 Å². The molecule has 0 radical (unpaired) electrons. The summed E-state index contributed by atoms with van der Waals surface area (Å²) in [6.07, 6.45) is 0.681. The van der Waals surface area contributed by atoms with Gasteiger partial charge in [0.15, 0.2) is 0 Å². The Morgan fingerprint density at radius 1 is 1.50 bits per heavy atom. The molecule has 0 aliphatic carbocycles. The van der Waals surface area contributed by atoms with Gasteiger partial charge in [-0.15, -0.1) is 0 Å². The van der Waals surface area contributed by atoms with Gasteiger partial charge in [0.25, 0.3) is 0 Å². The van der Waals surface area contributed by atoms with Crippen LogP contribution in [0.2, 0.25) is 0 Å².